The molecule has 1 fully saturated rings. The maximum atomic E-state index is 13.2. The van der Waals surface area contributed by atoms with E-state index in [0.717, 1.165) is 11.5 Å². The van der Waals surface area contributed by atoms with E-state index in [9.17, 15) is 18.0 Å². The van der Waals surface area contributed by atoms with Gasteiger partial charge >= 0.3 is 6.18 Å². The summed E-state index contributed by atoms with van der Waals surface area (Å²) in [5, 5.41) is 0.759. The van der Waals surface area contributed by atoms with Gasteiger partial charge < -0.3 is 14.8 Å². The molecule has 0 aliphatic carbocycles. The number of fused-ring (bicyclic) bond motifs is 1. The van der Waals surface area contributed by atoms with Crippen molar-refractivity contribution >= 4 is 22.5 Å². The van der Waals surface area contributed by atoms with Crippen molar-refractivity contribution in [1.29, 1.82) is 0 Å². The van der Waals surface area contributed by atoms with E-state index < -0.39 is 17.3 Å². The van der Waals surface area contributed by atoms with Crippen LogP contribution in [0.25, 0.3) is 10.9 Å². The Morgan fingerprint density at radius 2 is 1.96 bits per heavy atom. The van der Waals surface area contributed by atoms with Crippen molar-refractivity contribution in [2.24, 2.45) is 0 Å². The highest BCUT2D eigenvalue weighted by molar-refractivity contribution is 5.93. The van der Waals surface area contributed by atoms with Gasteiger partial charge in [0.2, 0.25) is 5.91 Å². The fourth-order valence-electron chi connectivity index (χ4n) is 3.52. The van der Waals surface area contributed by atoms with Gasteiger partial charge in [0.1, 0.15) is 0 Å². The van der Waals surface area contributed by atoms with Gasteiger partial charge in [-0.3, -0.25) is 4.79 Å². The fraction of sp³-hybridized carbons (Fsp3) is 0.471. The van der Waals surface area contributed by atoms with E-state index in [0.29, 0.717) is 30.8 Å². The van der Waals surface area contributed by atoms with Crippen LogP contribution >= 0.6 is 0 Å². The van der Waals surface area contributed by atoms with Crippen LogP contribution in [0.1, 0.15) is 26.3 Å². The van der Waals surface area contributed by atoms with Gasteiger partial charge in [-0.15, -0.1) is 0 Å². The van der Waals surface area contributed by atoms with Crippen molar-refractivity contribution in [2.45, 2.75) is 32.5 Å². The maximum Gasteiger partial charge on any atom is 0.416 e. The van der Waals surface area contributed by atoms with Crippen LogP contribution in [-0.4, -0.2) is 41.0 Å². The smallest absolute Gasteiger partial charge is 0.367 e. The van der Waals surface area contributed by atoms with Gasteiger partial charge in [-0.25, -0.2) is 0 Å². The first kappa shape index (κ1) is 16.7. The molecule has 1 aromatic heterocycles. The van der Waals surface area contributed by atoms with Crippen LogP contribution < -0.4 is 4.90 Å². The Hall–Kier alpha value is -2.18. The van der Waals surface area contributed by atoms with Gasteiger partial charge in [-0.2, -0.15) is 13.2 Å². The highest BCUT2D eigenvalue weighted by atomic mass is 19.4. The molecule has 0 radical (unpaired) electrons. The monoisotopic (exact) mass is 339 g/mol. The Labute approximate surface area is 138 Å². The number of amides is 1. The Kier molecular flexibility index (Phi) is 3.77. The van der Waals surface area contributed by atoms with E-state index in [4.69, 9.17) is 0 Å². The van der Waals surface area contributed by atoms with Crippen molar-refractivity contribution in [3.8, 4) is 0 Å². The van der Waals surface area contributed by atoms with Gasteiger partial charge in [0.15, 0.2) is 0 Å². The number of aromatic amines is 1. The quantitative estimate of drug-likeness (QED) is 0.862. The lowest BCUT2D eigenvalue weighted by Gasteiger charge is -2.47. The predicted molar refractivity (Wildman–Crippen MR) is 87.0 cm³/mol. The van der Waals surface area contributed by atoms with Crippen LogP contribution in [0.15, 0.2) is 24.4 Å². The van der Waals surface area contributed by atoms with E-state index >= 15 is 0 Å². The molecule has 2 aromatic rings. The molecular formula is C17H20F3N3O. The average Bonchev–Trinajstić information content (AvgIpc) is 2.91. The van der Waals surface area contributed by atoms with Crippen molar-refractivity contribution in [2.75, 3.05) is 24.5 Å². The highest BCUT2D eigenvalue weighted by Crippen LogP contribution is 2.38. The maximum absolute atomic E-state index is 13.2. The second kappa shape index (κ2) is 5.43. The fourth-order valence-corrected chi connectivity index (χ4v) is 3.52. The second-order valence-corrected chi connectivity index (χ2v) is 6.84. The third-order valence-corrected chi connectivity index (χ3v) is 4.60. The molecule has 2 heterocycles. The first-order chi connectivity index (χ1) is 11.1. The summed E-state index contributed by atoms with van der Waals surface area (Å²) in [7, 11) is 0. The summed E-state index contributed by atoms with van der Waals surface area (Å²) < 4.78 is 39.6. The van der Waals surface area contributed by atoms with Crippen LogP contribution in [0.3, 0.4) is 0 Å². The summed E-state index contributed by atoms with van der Waals surface area (Å²) in [6.45, 7) is 6.86. The number of rotatable bonds is 1. The molecule has 0 bridgehead atoms. The van der Waals surface area contributed by atoms with Crippen molar-refractivity contribution < 1.29 is 18.0 Å². The number of alkyl halides is 3. The molecule has 1 aromatic carbocycles. The molecule has 0 spiro atoms. The van der Waals surface area contributed by atoms with Gasteiger partial charge in [0, 0.05) is 49.3 Å². The van der Waals surface area contributed by atoms with Gasteiger partial charge in [0.25, 0.3) is 0 Å². The Balaban J connectivity index is 2.03. The van der Waals surface area contributed by atoms with Crippen LogP contribution in [0.5, 0.6) is 0 Å². The topological polar surface area (TPSA) is 39.3 Å². The lowest BCUT2D eigenvalue weighted by atomic mass is 9.97. The minimum Gasteiger partial charge on any atom is -0.367 e. The number of aromatic nitrogens is 1. The van der Waals surface area contributed by atoms with Crippen molar-refractivity contribution in [1.82, 2.24) is 9.88 Å². The molecule has 1 aliphatic heterocycles. The predicted octanol–water partition coefficient (Wildman–Crippen LogP) is 3.63. The molecule has 1 saturated heterocycles. The first-order valence-electron chi connectivity index (χ1n) is 7.81. The number of piperazine rings is 1. The van der Waals surface area contributed by atoms with Crippen LogP contribution in [-0.2, 0) is 11.0 Å². The highest BCUT2D eigenvalue weighted by Gasteiger charge is 2.37. The minimum absolute atomic E-state index is 0.0181. The molecule has 4 nitrogen and oxygen atoms in total. The lowest BCUT2D eigenvalue weighted by molar-refractivity contribution is -0.137. The molecule has 7 heteroatoms. The second-order valence-electron chi connectivity index (χ2n) is 6.84. The number of carbonyl (C=O) groups excluding carboxylic acids is 1. The Morgan fingerprint density at radius 1 is 1.25 bits per heavy atom. The van der Waals surface area contributed by atoms with Crippen LogP contribution in [0.4, 0.5) is 18.9 Å². The number of anilines is 1. The van der Waals surface area contributed by atoms with Crippen LogP contribution in [0.2, 0.25) is 0 Å². The lowest BCUT2D eigenvalue weighted by Crippen LogP contribution is -2.60. The summed E-state index contributed by atoms with van der Waals surface area (Å²) >= 11 is 0. The molecule has 1 amide bonds. The molecule has 0 unspecified atom stereocenters. The largest absolute Gasteiger partial charge is 0.416 e. The number of H-pyrrole nitrogens is 1. The third-order valence-electron chi connectivity index (χ3n) is 4.60. The summed E-state index contributed by atoms with van der Waals surface area (Å²) in [4.78, 5) is 18.3. The summed E-state index contributed by atoms with van der Waals surface area (Å²) in [5.41, 5.74) is -0.0933. The molecular weight excluding hydrogens is 319 g/mol. The third kappa shape index (κ3) is 2.83. The number of benzene rings is 1. The SMILES string of the molecule is CC(=O)N1CCN(c2cc(C(F)(F)F)cc3[nH]ccc23)CC1(C)C. The van der Waals surface area contributed by atoms with Gasteiger partial charge in [0.05, 0.1) is 11.1 Å². The van der Waals surface area contributed by atoms with Gasteiger partial charge in [-0.1, -0.05) is 0 Å². The molecule has 0 atom stereocenters. The number of nitrogens with zero attached hydrogens (tertiary/aromatic N) is 2. The van der Waals surface area contributed by atoms with E-state index in [1.165, 1.54) is 13.0 Å². The summed E-state index contributed by atoms with van der Waals surface area (Å²) in [6.07, 6.45) is -2.75. The Morgan fingerprint density at radius 3 is 2.54 bits per heavy atom. The Bertz CT molecular complexity index is 779. The number of hydrogen-bond acceptors (Lipinski definition) is 2. The van der Waals surface area contributed by atoms with E-state index in [1.807, 2.05) is 18.7 Å². The molecule has 1 N–H and O–H groups in total. The van der Waals surface area contributed by atoms with E-state index in [-0.39, 0.29) is 5.91 Å². The number of nitrogens with one attached hydrogen (secondary N) is 1. The zero-order valence-electron chi connectivity index (χ0n) is 13.9. The molecule has 3 rings (SSSR count). The number of halogens is 3. The minimum atomic E-state index is -4.40. The van der Waals surface area contributed by atoms with Gasteiger partial charge in [-0.05, 0) is 32.0 Å². The number of carbonyl (C=O) groups is 1. The average molecular weight is 339 g/mol. The normalized spacial score (nSPS) is 18.2. The molecule has 130 valence electrons. The van der Waals surface area contributed by atoms with E-state index in [2.05, 4.69) is 4.98 Å². The summed E-state index contributed by atoms with van der Waals surface area (Å²) in [6, 6.07) is 4.13. The summed E-state index contributed by atoms with van der Waals surface area (Å²) in [5.74, 6) is -0.0181. The number of hydrogen-bond donors (Lipinski definition) is 1. The van der Waals surface area contributed by atoms with Crippen LogP contribution in [0, 0.1) is 0 Å². The van der Waals surface area contributed by atoms with Crippen molar-refractivity contribution in [3.05, 3.63) is 30.0 Å². The molecule has 24 heavy (non-hydrogen) atoms. The zero-order valence-corrected chi connectivity index (χ0v) is 13.9. The zero-order chi connectivity index (χ0) is 17.7. The first-order valence-corrected chi connectivity index (χ1v) is 7.81. The van der Waals surface area contributed by atoms with E-state index in [1.54, 1.807) is 17.2 Å². The standard InChI is InChI=1S/C17H20F3N3O/c1-11(24)23-7-6-22(10-16(23,2)3)15-9-12(17(18,19)20)8-14-13(15)4-5-21-14/h4-5,8-9,21H,6-7,10H2,1-3H3. The molecule has 1 aliphatic rings. The molecule has 0 saturated carbocycles. The van der Waals surface area contributed by atoms with Crippen molar-refractivity contribution in [3.63, 3.8) is 0 Å².